The van der Waals surface area contributed by atoms with Crippen molar-refractivity contribution in [1.29, 1.82) is 0 Å². The lowest BCUT2D eigenvalue weighted by Gasteiger charge is -2.13. The van der Waals surface area contributed by atoms with Gasteiger partial charge < -0.3 is 9.88 Å². The second-order valence-electron chi connectivity index (χ2n) is 5.05. The number of rotatable bonds is 4. The molecule has 0 spiro atoms. The first-order valence-corrected chi connectivity index (χ1v) is 6.59. The molecule has 1 aliphatic carbocycles. The summed E-state index contributed by atoms with van der Waals surface area (Å²) in [6.07, 6.45) is 6.51. The molecule has 1 N–H and O–H groups in total. The summed E-state index contributed by atoms with van der Waals surface area (Å²) in [5, 5.41) is 3.28. The summed E-state index contributed by atoms with van der Waals surface area (Å²) in [5.74, 6) is 0. The van der Waals surface area contributed by atoms with E-state index in [0.29, 0.717) is 12.1 Å². The Balaban J connectivity index is 1.98. The predicted octanol–water partition coefficient (Wildman–Crippen LogP) is 3.17. The molecule has 1 aromatic carbocycles. The normalized spacial score (nSPS) is 16.8. The van der Waals surface area contributed by atoms with Crippen LogP contribution in [0.1, 0.15) is 37.4 Å². The fourth-order valence-electron chi connectivity index (χ4n) is 2.31. The number of benzene rings is 1. The highest BCUT2D eigenvalue weighted by molar-refractivity contribution is 5.60. The molecule has 0 saturated heterocycles. The lowest BCUT2D eigenvalue weighted by molar-refractivity contribution is 0.652. The molecule has 1 aliphatic rings. The standard InChI is InChI=1S/C15H19N3/c1-11(16-2)12-4-3-5-13(8-12)15-9-17-10-18(15)14-6-7-14/h3-5,8-11,14,16H,6-7H2,1-2H3. The molecule has 3 rings (SSSR count). The minimum Gasteiger partial charge on any atom is -0.328 e. The van der Waals surface area contributed by atoms with Crippen molar-refractivity contribution in [2.75, 3.05) is 7.05 Å². The molecular weight excluding hydrogens is 222 g/mol. The molecule has 0 bridgehead atoms. The molecule has 3 heteroatoms. The van der Waals surface area contributed by atoms with Crippen molar-refractivity contribution in [2.24, 2.45) is 0 Å². The fourth-order valence-corrected chi connectivity index (χ4v) is 2.31. The monoisotopic (exact) mass is 241 g/mol. The molecule has 1 unspecified atom stereocenters. The number of nitrogens with one attached hydrogen (secondary N) is 1. The molecule has 1 aromatic heterocycles. The zero-order chi connectivity index (χ0) is 12.5. The van der Waals surface area contributed by atoms with Gasteiger partial charge in [-0.2, -0.15) is 0 Å². The van der Waals surface area contributed by atoms with Gasteiger partial charge in [0.25, 0.3) is 0 Å². The molecule has 0 radical (unpaired) electrons. The van der Waals surface area contributed by atoms with Crippen molar-refractivity contribution < 1.29 is 0 Å². The van der Waals surface area contributed by atoms with E-state index in [-0.39, 0.29) is 0 Å². The molecule has 3 nitrogen and oxygen atoms in total. The first-order valence-electron chi connectivity index (χ1n) is 6.59. The Kier molecular flexibility index (Phi) is 2.92. The molecule has 1 heterocycles. The van der Waals surface area contributed by atoms with Gasteiger partial charge in [-0.05, 0) is 38.4 Å². The molecule has 2 aromatic rings. The molecule has 0 amide bonds. The minimum absolute atomic E-state index is 0.377. The van der Waals surface area contributed by atoms with Crippen molar-refractivity contribution in [2.45, 2.75) is 31.8 Å². The van der Waals surface area contributed by atoms with Gasteiger partial charge >= 0.3 is 0 Å². The van der Waals surface area contributed by atoms with Gasteiger partial charge in [-0.25, -0.2) is 4.98 Å². The Morgan fingerprint density at radius 3 is 2.94 bits per heavy atom. The Morgan fingerprint density at radius 2 is 2.22 bits per heavy atom. The van der Waals surface area contributed by atoms with E-state index in [9.17, 15) is 0 Å². The van der Waals surface area contributed by atoms with Crippen LogP contribution in [0.4, 0.5) is 0 Å². The third kappa shape index (κ3) is 2.06. The largest absolute Gasteiger partial charge is 0.328 e. The molecule has 0 aliphatic heterocycles. The first-order chi connectivity index (χ1) is 8.79. The van der Waals surface area contributed by atoms with E-state index in [1.54, 1.807) is 0 Å². The van der Waals surface area contributed by atoms with Crippen LogP contribution in [0.15, 0.2) is 36.8 Å². The number of nitrogens with zero attached hydrogens (tertiary/aromatic N) is 2. The average Bonchev–Trinajstić information content (AvgIpc) is 3.15. The molecular formula is C15H19N3. The van der Waals surface area contributed by atoms with Gasteiger partial charge in [-0.15, -0.1) is 0 Å². The van der Waals surface area contributed by atoms with E-state index in [4.69, 9.17) is 0 Å². The Morgan fingerprint density at radius 1 is 1.39 bits per heavy atom. The lowest BCUT2D eigenvalue weighted by Crippen LogP contribution is -2.12. The van der Waals surface area contributed by atoms with Crippen molar-refractivity contribution in [3.63, 3.8) is 0 Å². The zero-order valence-corrected chi connectivity index (χ0v) is 10.9. The van der Waals surface area contributed by atoms with E-state index < -0.39 is 0 Å². The van der Waals surface area contributed by atoms with E-state index in [0.717, 1.165) is 0 Å². The summed E-state index contributed by atoms with van der Waals surface area (Å²) in [6.45, 7) is 2.18. The summed E-state index contributed by atoms with van der Waals surface area (Å²) >= 11 is 0. The van der Waals surface area contributed by atoms with Crippen molar-refractivity contribution in [3.05, 3.63) is 42.4 Å². The number of hydrogen-bond donors (Lipinski definition) is 1. The van der Waals surface area contributed by atoms with Crippen LogP contribution in [-0.2, 0) is 0 Å². The molecule has 1 fully saturated rings. The van der Waals surface area contributed by atoms with Crippen LogP contribution in [0.5, 0.6) is 0 Å². The van der Waals surface area contributed by atoms with Crippen LogP contribution in [0.3, 0.4) is 0 Å². The van der Waals surface area contributed by atoms with Crippen LogP contribution in [-0.4, -0.2) is 16.6 Å². The third-order valence-electron chi connectivity index (χ3n) is 3.72. The van der Waals surface area contributed by atoms with Crippen LogP contribution in [0.25, 0.3) is 11.3 Å². The van der Waals surface area contributed by atoms with Crippen molar-refractivity contribution in [1.82, 2.24) is 14.9 Å². The fraction of sp³-hybridized carbons (Fsp3) is 0.400. The van der Waals surface area contributed by atoms with Crippen LogP contribution >= 0.6 is 0 Å². The molecule has 94 valence electrons. The summed E-state index contributed by atoms with van der Waals surface area (Å²) in [6, 6.07) is 9.78. The lowest BCUT2D eigenvalue weighted by atomic mass is 10.0. The maximum atomic E-state index is 4.30. The van der Waals surface area contributed by atoms with Crippen LogP contribution in [0.2, 0.25) is 0 Å². The first kappa shape index (κ1) is 11.5. The number of aromatic nitrogens is 2. The highest BCUT2D eigenvalue weighted by Crippen LogP contribution is 2.38. The quantitative estimate of drug-likeness (QED) is 0.891. The Bertz CT molecular complexity index is 540. The van der Waals surface area contributed by atoms with Gasteiger partial charge in [0.15, 0.2) is 0 Å². The van der Waals surface area contributed by atoms with Gasteiger partial charge in [-0.1, -0.05) is 18.2 Å². The van der Waals surface area contributed by atoms with E-state index in [1.807, 2.05) is 19.6 Å². The third-order valence-corrected chi connectivity index (χ3v) is 3.72. The minimum atomic E-state index is 0.377. The number of hydrogen-bond acceptors (Lipinski definition) is 2. The van der Waals surface area contributed by atoms with Gasteiger partial charge in [0.2, 0.25) is 0 Å². The van der Waals surface area contributed by atoms with Crippen LogP contribution < -0.4 is 5.32 Å². The van der Waals surface area contributed by atoms with E-state index in [2.05, 4.69) is 46.1 Å². The summed E-state index contributed by atoms with van der Waals surface area (Å²) in [5.41, 5.74) is 3.82. The summed E-state index contributed by atoms with van der Waals surface area (Å²) in [7, 11) is 1.99. The second-order valence-corrected chi connectivity index (χ2v) is 5.05. The molecule has 18 heavy (non-hydrogen) atoms. The number of imidazole rings is 1. The molecule has 1 atom stereocenters. The Hall–Kier alpha value is -1.61. The SMILES string of the molecule is CNC(C)c1cccc(-c2cncn2C2CC2)c1. The van der Waals surface area contributed by atoms with Gasteiger partial charge in [0, 0.05) is 17.6 Å². The maximum absolute atomic E-state index is 4.30. The van der Waals surface area contributed by atoms with Gasteiger partial charge in [0.05, 0.1) is 18.2 Å². The van der Waals surface area contributed by atoms with Gasteiger partial charge in [-0.3, -0.25) is 0 Å². The Labute approximate surface area is 108 Å². The maximum Gasteiger partial charge on any atom is 0.0953 e. The van der Waals surface area contributed by atoms with Gasteiger partial charge in [0.1, 0.15) is 0 Å². The topological polar surface area (TPSA) is 29.9 Å². The zero-order valence-electron chi connectivity index (χ0n) is 10.9. The van der Waals surface area contributed by atoms with Crippen molar-refractivity contribution in [3.8, 4) is 11.3 Å². The highest BCUT2D eigenvalue weighted by Gasteiger charge is 2.25. The smallest absolute Gasteiger partial charge is 0.0953 e. The average molecular weight is 241 g/mol. The summed E-state index contributed by atoms with van der Waals surface area (Å²) in [4.78, 5) is 4.30. The van der Waals surface area contributed by atoms with Crippen molar-refractivity contribution >= 4 is 0 Å². The van der Waals surface area contributed by atoms with Crippen LogP contribution in [0, 0.1) is 0 Å². The predicted molar refractivity (Wildman–Crippen MR) is 73.4 cm³/mol. The summed E-state index contributed by atoms with van der Waals surface area (Å²) < 4.78 is 2.31. The second kappa shape index (κ2) is 4.58. The van der Waals surface area contributed by atoms with E-state index >= 15 is 0 Å². The highest BCUT2D eigenvalue weighted by atomic mass is 15.1. The molecule has 1 saturated carbocycles. The van der Waals surface area contributed by atoms with E-state index in [1.165, 1.54) is 29.7 Å².